The van der Waals surface area contributed by atoms with Crippen LogP contribution in [0.15, 0.2) is 24.4 Å². The highest BCUT2D eigenvalue weighted by atomic mass is 16.4. The van der Waals surface area contributed by atoms with Gasteiger partial charge in [0.05, 0.1) is 17.7 Å². The summed E-state index contributed by atoms with van der Waals surface area (Å²) in [6, 6.07) is 4.65. The fraction of sp³-hybridized carbons (Fsp3) is 0.533. The maximum Gasteiger partial charge on any atom is 0.323 e. The first-order valence-corrected chi connectivity index (χ1v) is 7.00. The molecule has 0 aromatic carbocycles. The molecule has 0 aliphatic carbocycles. The molecule has 3 N–H and O–H groups in total. The van der Waals surface area contributed by atoms with Crippen molar-refractivity contribution in [3.8, 4) is 0 Å². The van der Waals surface area contributed by atoms with Crippen LogP contribution in [0.1, 0.15) is 38.4 Å². The van der Waals surface area contributed by atoms with Gasteiger partial charge in [-0.15, -0.1) is 0 Å². The first-order chi connectivity index (χ1) is 9.85. The van der Waals surface area contributed by atoms with Crippen LogP contribution in [0.3, 0.4) is 0 Å². The Morgan fingerprint density at radius 2 is 2.14 bits per heavy atom. The van der Waals surface area contributed by atoms with Gasteiger partial charge in [-0.05, 0) is 30.9 Å². The SMILES string of the molecule is CC(C)C[C@@]1(C(=O)O)C[C@H](C(=O)O)[C@H](c2ccccn2)N1. The fourth-order valence-electron chi connectivity index (χ4n) is 3.10. The number of carboxylic acids is 2. The molecule has 114 valence electrons. The summed E-state index contributed by atoms with van der Waals surface area (Å²) in [6.45, 7) is 3.85. The number of hydrogen-bond donors (Lipinski definition) is 3. The maximum atomic E-state index is 11.7. The quantitative estimate of drug-likeness (QED) is 0.763. The minimum atomic E-state index is -1.21. The molecule has 2 heterocycles. The summed E-state index contributed by atoms with van der Waals surface area (Å²) in [7, 11) is 0. The molecule has 0 radical (unpaired) electrons. The van der Waals surface area contributed by atoms with Crippen molar-refractivity contribution in [2.24, 2.45) is 11.8 Å². The minimum absolute atomic E-state index is 0.0666. The van der Waals surface area contributed by atoms with Crippen LogP contribution in [0.25, 0.3) is 0 Å². The highest BCUT2D eigenvalue weighted by Crippen LogP contribution is 2.41. The molecule has 1 aromatic rings. The van der Waals surface area contributed by atoms with Gasteiger partial charge in [0.15, 0.2) is 0 Å². The van der Waals surface area contributed by atoms with E-state index in [1.165, 1.54) is 0 Å². The van der Waals surface area contributed by atoms with E-state index in [0.717, 1.165) is 0 Å². The molecule has 1 saturated heterocycles. The molecule has 1 aromatic heterocycles. The lowest BCUT2D eigenvalue weighted by molar-refractivity contribution is -0.145. The summed E-state index contributed by atoms with van der Waals surface area (Å²) < 4.78 is 0. The van der Waals surface area contributed by atoms with E-state index in [-0.39, 0.29) is 12.3 Å². The zero-order valence-electron chi connectivity index (χ0n) is 12.1. The Labute approximate surface area is 123 Å². The molecule has 0 spiro atoms. The van der Waals surface area contributed by atoms with E-state index in [1.807, 2.05) is 13.8 Å². The molecule has 3 atom stereocenters. The number of rotatable bonds is 5. The van der Waals surface area contributed by atoms with Crippen molar-refractivity contribution in [2.75, 3.05) is 0 Å². The smallest absolute Gasteiger partial charge is 0.323 e. The van der Waals surface area contributed by atoms with Crippen molar-refractivity contribution in [1.82, 2.24) is 10.3 Å². The predicted molar refractivity (Wildman–Crippen MR) is 75.7 cm³/mol. The number of aliphatic carboxylic acids is 2. The molecule has 0 bridgehead atoms. The highest BCUT2D eigenvalue weighted by molar-refractivity contribution is 5.82. The van der Waals surface area contributed by atoms with Crippen molar-refractivity contribution in [3.63, 3.8) is 0 Å². The second kappa shape index (κ2) is 5.81. The molecule has 21 heavy (non-hydrogen) atoms. The first kappa shape index (κ1) is 15.4. The molecule has 6 heteroatoms. The summed E-state index contributed by atoms with van der Waals surface area (Å²) in [5.41, 5.74) is -0.642. The summed E-state index contributed by atoms with van der Waals surface area (Å²) in [6.07, 6.45) is 2.03. The number of carbonyl (C=O) groups is 2. The first-order valence-electron chi connectivity index (χ1n) is 7.00. The van der Waals surface area contributed by atoms with Crippen LogP contribution < -0.4 is 5.32 Å². The van der Waals surface area contributed by atoms with Gasteiger partial charge < -0.3 is 10.2 Å². The van der Waals surface area contributed by atoms with Gasteiger partial charge in [0.25, 0.3) is 0 Å². The Hall–Kier alpha value is -1.95. The van der Waals surface area contributed by atoms with Gasteiger partial charge >= 0.3 is 11.9 Å². The number of hydrogen-bond acceptors (Lipinski definition) is 4. The van der Waals surface area contributed by atoms with Gasteiger partial charge in [0, 0.05) is 6.20 Å². The zero-order chi connectivity index (χ0) is 15.6. The van der Waals surface area contributed by atoms with Gasteiger partial charge in [-0.1, -0.05) is 19.9 Å². The molecular formula is C15H20N2O4. The zero-order valence-corrected chi connectivity index (χ0v) is 12.1. The van der Waals surface area contributed by atoms with Gasteiger partial charge in [-0.2, -0.15) is 0 Å². The Morgan fingerprint density at radius 1 is 1.43 bits per heavy atom. The van der Waals surface area contributed by atoms with Crippen molar-refractivity contribution >= 4 is 11.9 Å². The van der Waals surface area contributed by atoms with Gasteiger partial charge in [-0.3, -0.25) is 19.9 Å². The average Bonchev–Trinajstić information content (AvgIpc) is 2.80. The Bertz CT molecular complexity index is 532. The monoisotopic (exact) mass is 292 g/mol. The molecule has 2 rings (SSSR count). The molecule has 0 amide bonds. The lowest BCUT2D eigenvalue weighted by atomic mass is 9.84. The predicted octanol–water partition coefficient (Wildman–Crippen LogP) is 1.69. The number of nitrogens with zero attached hydrogens (tertiary/aromatic N) is 1. The average molecular weight is 292 g/mol. The number of pyridine rings is 1. The number of nitrogens with one attached hydrogen (secondary N) is 1. The van der Waals surface area contributed by atoms with Gasteiger partial charge in [0.1, 0.15) is 5.54 Å². The lowest BCUT2D eigenvalue weighted by Gasteiger charge is -2.27. The Balaban J connectivity index is 2.37. The van der Waals surface area contributed by atoms with Crippen LogP contribution in [0.2, 0.25) is 0 Å². The summed E-state index contributed by atoms with van der Waals surface area (Å²) in [4.78, 5) is 27.4. The molecule has 0 unspecified atom stereocenters. The standard InChI is InChI=1S/C15H20N2O4/c1-9(2)7-15(14(20)21)8-10(13(18)19)12(17-15)11-5-3-4-6-16-11/h3-6,9-10,12,17H,7-8H2,1-2H3,(H,18,19)(H,20,21)/t10-,12+,15-/m0/s1. The van der Waals surface area contributed by atoms with Crippen LogP contribution in [0.5, 0.6) is 0 Å². The summed E-state index contributed by atoms with van der Waals surface area (Å²) in [5.74, 6) is -2.65. The second-order valence-electron chi connectivity index (χ2n) is 6.01. The Morgan fingerprint density at radius 3 is 2.62 bits per heavy atom. The van der Waals surface area contributed by atoms with Crippen LogP contribution in [0.4, 0.5) is 0 Å². The van der Waals surface area contributed by atoms with Crippen LogP contribution in [-0.4, -0.2) is 32.7 Å². The van der Waals surface area contributed by atoms with Crippen molar-refractivity contribution < 1.29 is 19.8 Å². The molecule has 1 fully saturated rings. The lowest BCUT2D eigenvalue weighted by Crippen LogP contribution is -2.49. The maximum absolute atomic E-state index is 11.7. The number of aromatic nitrogens is 1. The third-order valence-electron chi connectivity index (χ3n) is 3.89. The summed E-state index contributed by atoms with van der Waals surface area (Å²) in [5, 5.41) is 22.1. The van der Waals surface area contributed by atoms with E-state index in [0.29, 0.717) is 12.1 Å². The number of carboxylic acid groups (broad SMARTS) is 2. The third kappa shape index (κ3) is 3.05. The molecule has 1 aliphatic rings. The molecule has 0 saturated carbocycles. The highest BCUT2D eigenvalue weighted by Gasteiger charge is 2.53. The van der Waals surface area contributed by atoms with E-state index < -0.39 is 29.4 Å². The van der Waals surface area contributed by atoms with Crippen LogP contribution in [0, 0.1) is 11.8 Å². The third-order valence-corrected chi connectivity index (χ3v) is 3.89. The van der Waals surface area contributed by atoms with Crippen molar-refractivity contribution in [2.45, 2.75) is 38.3 Å². The van der Waals surface area contributed by atoms with E-state index in [9.17, 15) is 19.8 Å². The molecule has 1 aliphatic heterocycles. The molecular weight excluding hydrogens is 272 g/mol. The van der Waals surface area contributed by atoms with E-state index >= 15 is 0 Å². The van der Waals surface area contributed by atoms with E-state index in [2.05, 4.69) is 10.3 Å². The fourth-order valence-corrected chi connectivity index (χ4v) is 3.10. The normalized spacial score (nSPS) is 28.7. The van der Waals surface area contributed by atoms with Gasteiger partial charge in [-0.25, -0.2) is 0 Å². The van der Waals surface area contributed by atoms with Crippen LogP contribution >= 0.6 is 0 Å². The van der Waals surface area contributed by atoms with Gasteiger partial charge in [0.2, 0.25) is 0 Å². The minimum Gasteiger partial charge on any atom is -0.481 e. The van der Waals surface area contributed by atoms with Crippen molar-refractivity contribution in [1.29, 1.82) is 0 Å². The topological polar surface area (TPSA) is 99.5 Å². The van der Waals surface area contributed by atoms with Crippen LogP contribution in [-0.2, 0) is 9.59 Å². The largest absolute Gasteiger partial charge is 0.481 e. The van der Waals surface area contributed by atoms with Crippen molar-refractivity contribution in [3.05, 3.63) is 30.1 Å². The Kier molecular flexibility index (Phi) is 4.27. The van der Waals surface area contributed by atoms with E-state index in [1.54, 1.807) is 24.4 Å². The van der Waals surface area contributed by atoms with E-state index in [4.69, 9.17) is 0 Å². The summed E-state index contributed by atoms with van der Waals surface area (Å²) >= 11 is 0. The second-order valence-corrected chi connectivity index (χ2v) is 6.01. The molecule has 6 nitrogen and oxygen atoms in total.